The Balaban J connectivity index is 2.11. The first-order valence-electron chi connectivity index (χ1n) is 5.10. The Morgan fingerprint density at radius 1 is 1.19 bits per heavy atom. The lowest BCUT2D eigenvalue weighted by molar-refractivity contribution is 0.423. The third-order valence-corrected chi connectivity index (χ3v) is 2.39. The van der Waals surface area contributed by atoms with Crippen LogP contribution >= 0.6 is 0 Å². The van der Waals surface area contributed by atoms with Crippen molar-refractivity contribution < 1.29 is 10.0 Å². The van der Waals surface area contributed by atoms with Crippen molar-refractivity contribution in [3.8, 4) is 0 Å². The zero-order valence-corrected chi connectivity index (χ0v) is 9.04. The summed E-state index contributed by atoms with van der Waals surface area (Å²) in [6.45, 7) is 2.67. The Kier molecular flexibility index (Phi) is 3.08. The van der Waals surface area contributed by atoms with E-state index in [1.165, 1.54) is 5.56 Å². The molecule has 0 aliphatic carbocycles. The van der Waals surface area contributed by atoms with E-state index in [1.54, 1.807) is 16.9 Å². The number of rotatable bonds is 3. The molecule has 2 aromatic rings. The molecule has 0 spiro atoms. The van der Waals surface area contributed by atoms with Crippen LogP contribution in [0.15, 0.2) is 36.5 Å². The monoisotopic (exact) mass is 216 g/mol. The van der Waals surface area contributed by atoms with Gasteiger partial charge in [0.15, 0.2) is 0 Å². The standard InChI is InChI=1S/C11H13BN2O2/c1-9-2-4-10(5-3-9)8-14-7-6-11(13-14)12(15)16/h2-7,15-16H,8H2,1H3. The number of aryl methyl sites for hydroxylation is 1. The molecule has 0 bridgehead atoms. The van der Waals surface area contributed by atoms with Gasteiger partial charge in [0, 0.05) is 6.20 Å². The van der Waals surface area contributed by atoms with E-state index in [0.29, 0.717) is 6.54 Å². The summed E-state index contributed by atoms with van der Waals surface area (Å²) in [5.41, 5.74) is 2.62. The smallest absolute Gasteiger partial charge is 0.422 e. The molecule has 2 rings (SSSR count). The molecule has 0 fully saturated rings. The van der Waals surface area contributed by atoms with Crippen LogP contribution in [0, 0.1) is 6.92 Å². The number of aromatic nitrogens is 2. The summed E-state index contributed by atoms with van der Waals surface area (Å²) >= 11 is 0. The van der Waals surface area contributed by atoms with E-state index in [4.69, 9.17) is 10.0 Å². The van der Waals surface area contributed by atoms with Crippen LogP contribution in [-0.2, 0) is 6.54 Å². The van der Waals surface area contributed by atoms with Crippen LogP contribution in [0.25, 0.3) is 0 Å². The average molecular weight is 216 g/mol. The molecule has 82 valence electrons. The normalized spacial score (nSPS) is 10.4. The van der Waals surface area contributed by atoms with Gasteiger partial charge in [-0.2, -0.15) is 5.10 Å². The Morgan fingerprint density at radius 3 is 2.44 bits per heavy atom. The van der Waals surface area contributed by atoms with E-state index in [1.807, 2.05) is 31.2 Å². The van der Waals surface area contributed by atoms with E-state index in [9.17, 15) is 0 Å². The Morgan fingerprint density at radius 2 is 1.88 bits per heavy atom. The van der Waals surface area contributed by atoms with Crippen molar-refractivity contribution in [1.82, 2.24) is 9.78 Å². The minimum atomic E-state index is -1.50. The van der Waals surface area contributed by atoms with E-state index < -0.39 is 7.12 Å². The molecule has 0 atom stereocenters. The summed E-state index contributed by atoms with van der Waals surface area (Å²) in [6.07, 6.45) is 1.73. The summed E-state index contributed by atoms with van der Waals surface area (Å²) in [7, 11) is -1.50. The minimum absolute atomic E-state index is 0.270. The first-order chi connectivity index (χ1) is 7.65. The van der Waals surface area contributed by atoms with Gasteiger partial charge in [0.2, 0.25) is 0 Å². The van der Waals surface area contributed by atoms with Crippen molar-refractivity contribution in [3.05, 3.63) is 47.7 Å². The van der Waals surface area contributed by atoms with E-state index in [0.717, 1.165) is 5.56 Å². The van der Waals surface area contributed by atoms with Crippen LogP contribution in [0.2, 0.25) is 0 Å². The van der Waals surface area contributed by atoms with E-state index >= 15 is 0 Å². The number of hydrogen-bond acceptors (Lipinski definition) is 3. The lowest BCUT2D eigenvalue weighted by atomic mass is 9.87. The van der Waals surface area contributed by atoms with Gasteiger partial charge in [-0.3, -0.25) is 4.68 Å². The summed E-state index contributed by atoms with van der Waals surface area (Å²) in [4.78, 5) is 0. The zero-order chi connectivity index (χ0) is 11.5. The first-order valence-corrected chi connectivity index (χ1v) is 5.10. The molecule has 0 radical (unpaired) electrons. The van der Waals surface area contributed by atoms with Crippen LogP contribution in [0.4, 0.5) is 0 Å². The van der Waals surface area contributed by atoms with Gasteiger partial charge in [0.05, 0.1) is 12.1 Å². The summed E-state index contributed by atoms with van der Waals surface area (Å²) in [6, 6.07) is 9.75. The van der Waals surface area contributed by atoms with Gasteiger partial charge in [-0.25, -0.2) is 0 Å². The van der Waals surface area contributed by atoms with Crippen molar-refractivity contribution in [1.29, 1.82) is 0 Å². The lowest BCUT2D eigenvalue weighted by Gasteiger charge is -2.02. The molecular formula is C11H13BN2O2. The van der Waals surface area contributed by atoms with Gasteiger partial charge in [0.25, 0.3) is 0 Å². The maximum Gasteiger partial charge on any atom is 0.510 e. The second kappa shape index (κ2) is 4.51. The molecule has 2 N–H and O–H groups in total. The molecule has 1 aromatic carbocycles. The first kappa shape index (κ1) is 10.9. The maximum atomic E-state index is 8.92. The van der Waals surface area contributed by atoms with Gasteiger partial charge < -0.3 is 10.0 Å². The Hall–Kier alpha value is -1.59. The number of nitrogens with zero attached hydrogens (tertiary/aromatic N) is 2. The average Bonchev–Trinajstić information content (AvgIpc) is 2.70. The molecule has 4 nitrogen and oxygen atoms in total. The highest BCUT2D eigenvalue weighted by atomic mass is 16.4. The molecule has 0 saturated carbocycles. The molecule has 0 aliphatic heterocycles. The molecule has 16 heavy (non-hydrogen) atoms. The highest BCUT2D eigenvalue weighted by Gasteiger charge is 2.13. The van der Waals surface area contributed by atoms with Crippen molar-refractivity contribution in [2.24, 2.45) is 0 Å². The molecular weight excluding hydrogens is 203 g/mol. The summed E-state index contributed by atoms with van der Waals surface area (Å²) < 4.78 is 1.68. The third kappa shape index (κ3) is 2.50. The molecule has 5 heteroatoms. The lowest BCUT2D eigenvalue weighted by Crippen LogP contribution is -2.31. The highest BCUT2D eigenvalue weighted by molar-refractivity contribution is 6.57. The highest BCUT2D eigenvalue weighted by Crippen LogP contribution is 2.04. The van der Waals surface area contributed by atoms with Gasteiger partial charge in [-0.05, 0) is 18.6 Å². The minimum Gasteiger partial charge on any atom is -0.422 e. The fourth-order valence-electron chi connectivity index (χ4n) is 1.48. The van der Waals surface area contributed by atoms with Crippen LogP contribution in [0.5, 0.6) is 0 Å². The molecule has 0 aliphatic rings. The molecule has 0 unspecified atom stereocenters. The predicted octanol–water partition coefficient (Wildman–Crippen LogP) is -0.0804. The molecule has 0 amide bonds. The fourth-order valence-corrected chi connectivity index (χ4v) is 1.48. The Labute approximate surface area is 94.3 Å². The Bertz CT molecular complexity index is 465. The summed E-state index contributed by atoms with van der Waals surface area (Å²) in [5, 5.41) is 21.9. The predicted molar refractivity (Wildman–Crippen MR) is 62.3 cm³/mol. The van der Waals surface area contributed by atoms with Crippen LogP contribution in [0.1, 0.15) is 11.1 Å². The van der Waals surface area contributed by atoms with Crippen LogP contribution in [-0.4, -0.2) is 26.9 Å². The van der Waals surface area contributed by atoms with Crippen molar-refractivity contribution in [2.75, 3.05) is 0 Å². The maximum absolute atomic E-state index is 8.92. The molecule has 1 heterocycles. The summed E-state index contributed by atoms with van der Waals surface area (Å²) in [5.74, 6) is 0. The van der Waals surface area contributed by atoms with E-state index in [2.05, 4.69) is 5.10 Å². The van der Waals surface area contributed by atoms with Crippen LogP contribution in [0.3, 0.4) is 0 Å². The van der Waals surface area contributed by atoms with Gasteiger partial charge in [-0.1, -0.05) is 29.8 Å². The largest absolute Gasteiger partial charge is 0.510 e. The quantitative estimate of drug-likeness (QED) is 0.705. The fraction of sp³-hybridized carbons (Fsp3) is 0.182. The zero-order valence-electron chi connectivity index (χ0n) is 9.04. The second-order valence-corrected chi connectivity index (χ2v) is 3.80. The SMILES string of the molecule is Cc1ccc(Cn2ccc(B(O)O)n2)cc1. The second-order valence-electron chi connectivity index (χ2n) is 3.80. The van der Waals surface area contributed by atoms with Gasteiger partial charge in [-0.15, -0.1) is 0 Å². The van der Waals surface area contributed by atoms with Crippen molar-refractivity contribution in [3.63, 3.8) is 0 Å². The van der Waals surface area contributed by atoms with Crippen molar-refractivity contribution in [2.45, 2.75) is 13.5 Å². The van der Waals surface area contributed by atoms with E-state index in [-0.39, 0.29) is 5.59 Å². The topological polar surface area (TPSA) is 58.3 Å². The number of benzene rings is 1. The third-order valence-electron chi connectivity index (χ3n) is 2.39. The molecule has 0 saturated heterocycles. The number of hydrogen-bond donors (Lipinski definition) is 2. The van der Waals surface area contributed by atoms with Gasteiger partial charge >= 0.3 is 7.12 Å². The molecule has 1 aromatic heterocycles. The van der Waals surface area contributed by atoms with Gasteiger partial charge in [0.1, 0.15) is 0 Å². The van der Waals surface area contributed by atoms with Crippen LogP contribution < -0.4 is 5.59 Å². The van der Waals surface area contributed by atoms with Crippen molar-refractivity contribution >= 4 is 12.7 Å².